The molecule has 0 atom stereocenters. The van der Waals surface area contributed by atoms with Gasteiger partial charge in [0, 0.05) is 16.8 Å². The molecular weight excluding hydrogens is 370 g/mol. The molecule has 1 aromatic carbocycles. The van der Waals surface area contributed by atoms with Gasteiger partial charge < -0.3 is 9.72 Å². The number of benzene rings is 1. The van der Waals surface area contributed by atoms with Crippen molar-refractivity contribution in [2.24, 2.45) is 0 Å². The van der Waals surface area contributed by atoms with E-state index in [2.05, 4.69) is 22.8 Å². The first kappa shape index (κ1) is 22.2. The number of ether oxygens (including phenoxy) is 1. The Morgan fingerprint density at radius 3 is 2.21 bits per heavy atom. The Morgan fingerprint density at radius 1 is 0.966 bits per heavy atom. The van der Waals surface area contributed by atoms with Gasteiger partial charge in [0.2, 0.25) is 0 Å². The van der Waals surface area contributed by atoms with E-state index in [9.17, 15) is 14.4 Å². The first-order valence-electron chi connectivity index (χ1n) is 9.88. The molecule has 156 valence electrons. The van der Waals surface area contributed by atoms with Crippen LogP contribution in [0.4, 0.5) is 0 Å². The number of rotatable bonds is 9. The van der Waals surface area contributed by atoms with E-state index < -0.39 is 11.8 Å². The summed E-state index contributed by atoms with van der Waals surface area (Å²) < 4.78 is 5.66. The maximum absolute atomic E-state index is 12.3. The normalized spacial score (nSPS) is 10.5. The summed E-state index contributed by atoms with van der Waals surface area (Å²) in [5.74, 6) is -0.373. The summed E-state index contributed by atoms with van der Waals surface area (Å²) in [6.45, 7) is 7.69. The summed E-state index contributed by atoms with van der Waals surface area (Å²) in [5.41, 5.74) is 7.08. The van der Waals surface area contributed by atoms with Crippen LogP contribution in [-0.4, -0.2) is 29.2 Å². The summed E-state index contributed by atoms with van der Waals surface area (Å²) in [6, 6.07) is 6.74. The molecule has 0 unspecified atom stereocenters. The average Bonchev–Trinajstić information content (AvgIpc) is 3.00. The largest absolute Gasteiger partial charge is 0.494 e. The van der Waals surface area contributed by atoms with E-state index in [1.54, 1.807) is 38.1 Å². The maximum Gasteiger partial charge on any atom is 0.286 e. The highest BCUT2D eigenvalue weighted by Gasteiger charge is 2.20. The third-order valence-corrected chi connectivity index (χ3v) is 4.69. The average molecular weight is 399 g/mol. The number of carbonyl (C=O) groups excluding carboxylic acids is 3. The lowest BCUT2D eigenvalue weighted by Crippen LogP contribution is -2.42. The highest BCUT2D eigenvalue weighted by atomic mass is 16.5. The molecule has 0 bridgehead atoms. The van der Waals surface area contributed by atoms with Gasteiger partial charge in [-0.3, -0.25) is 25.2 Å². The van der Waals surface area contributed by atoms with Crippen molar-refractivity contribution in [1.29, 1.82) is 0 Å². The molecule has 2 amide bonds. The Bertz CT molecular complexity index is 869. The summed E-state index contributed by atoms with van der Waals surface area (Å²) in [7, 11) is 0. The third kappa shape index (κ3) is 5.94. The quantitative estimate of drug-likeness (QED) is 0.338. The first-order valence-corrected chi connectivity index (χ1v) is 9.88. The Morgan fingerprint density at radius 2 is 1.62 bits per heavy atom. The van der Waals surface area contributed by atoms with Gasteiger partial charge in [0.05, 0.1) is 6.61 Å². The summed E-state index contributed by atoms with van der Waals surface area (Å²) >= 11 is 0. The van der Waals surface area contributed by atoms with Crippen molar-refractivity contribution in [2.45, 2.75) is 53.4 Å². The van der Waals surface area contributed by atoms with E-state index in [0.717, 1.165) is 12.8 Å². The van der Waals surface area contributed by atoms with E-state index in [0.29, 0.717) is 34.7 Å². The molecule has 3 N–H and O–H groups in total. The predicted molar refractivity (Wildman–Crippen MR) is 111 cm³/mol. The van der Waals surface area contributed by atoms with Crippen LogP contribution in [0.2, 0.25) is 0 Å². The molecule has 0 saturated heterocycles. The molecule has 0 aliphatic heterocycles. The number of aryl methyl sites for hydroxylation is 1. The lowest BCUT2D eigenvalue weighted by Gasteiger charge is -2.09. The van der Waals surface area contributed by atoms with Crippen molar-refractivity contribution in [1.82, 2.24) is 15.8 Å². The monoisotopic (exact) mass is 399 g/mol. The molecule has 0 saturated carbocycles. The van der Waals surface area contributed by atoms with Gasteiger partial charge in [-0.15, -0.1) is 0 Å². The van der Waals surface area contributed by atoms with Crippen molar-refractivity contribution < 1.29 is 19.1 Å². The van der Waals surface area contributed by atoms with Crippen LogP contribution in [0.3, 0.4) is 0 Å². The van der Waals surface area contributed by atoms with Crippen molar-refractivity contribution in [3.05, 3.63) is 52.3 Å². The number of aromatic amines is 1. The van der Waals surface area contributed by atoms with Crippen LogP contribution in [0.25, 0.3) is 0 Å². The van der Waals surface area contributed by atoms with E-state index in [1.165, 1.54) is 19.8 Å². The Kier molecular flexibility index (Phi) is 8.00. The van der Waals surface area contributed by atoms with Gasteiger partial charge in [-0.25, -0.2) is 0 Å². The van der Waals surface area contributed by atoms with Gasteiger partial charge in [0.25, 0.3) is 11.8 Å². The van der Waals surface area contributed by atoms with Gasteiger partial charge in [0.1, 0.15) is 11.4 Å². The van der Waals surface area contributed by atoms with E-state index in [4.69, 9.17) is 4.74 Å². The molecule has 0 spiro atoms. The number of hydrogen-bond acceptors (Lipinski definition) is 4. The zero-order valence-corrected chi connectivity index (χ0v) is 17.5. The zero-order chi connectivity index (χ0) is 21.4. The van der Waals surface area contributed by atoms with Crippen molar-refractivity contribution in [3.8, 4) is 5.75 Å². The van der Waals surface area contributed by atoms with Crippen molar-refractivity contribution >= 4 is 17.6 Å². The minimum atomic E-state index is -0.515. The molecule has 0 fully saturated rings. The smallest absolute Gasteiger partial charge is 0.286 e. The van der Waals surface area contributed by atoms with Crippen LogP contribution < -0.4 is 15.6 Å². The molecule has 0 aliphatic rings. The van der Waals surface area contributed by atoms with Crippen LogP contribution in [0.1, 0.15) is 82.0 Å². The molecule has 1 heterocycles. The fourth-order valence-electron chi connectivity index (χ4n) is 3.17. The molecule has 7 heteroatoms. The lowest BCUT2D eigenvalue weighted by atomic mass is 10.1. The number of H-pyrrole nitrogens is 1. The molecule has 0 aliphatic carbocycles. The Balaban J connectivity index is 1.88. The van der Waals surface area contributed by atoms with Crippen LogP contribution in [0, 0.1) is 13.8 Å². The standard InChI is InChI=1S/C22H29N3O4/c1-5-6-7-8-13-29-18-11-9-17(10-12-18)21(27)24-25-22(28)20-14(2)19(16(4)26)15(3)23-20/h9-12,23H,5-8,13H2,1-4H3,(H,24,27)(H,25,28). The molecule has 1 aromatic heterocycles. The Hall–Kier alpha value is -3.09. The van der Waals surface area contributed by atoms with E-state index in [-0.39, 0.29) is 11.5 Å². The van der Waals surface area contributed by atoms with Crippen LogP contribution >= 0.6 is 0 Å². The second-order valence-corrected chi connectivity index (χ2v) is 7.02. The summed E-state index contributed by atoms with van der Waals surface area (Å²) in [6.07, 6.45) is 4.53. The van der Waals surface area contributed by atoms with Crippen molar-refractivity contribution in [2.75, 3.05) is 6.61 Å². The van der Waals surface area contributed by atoms with Gasteiger partial charge in [-0.05, 0) is 57.0 Å². The molecular formula is C22H29N3O4. The number of Topliss-reactive ketones (excluding diaryl/α,β-unsaturated/α-hetero) is 1. The minimum absolute atomic E-state index is 0.119. The highest BCUT2D eigenvalue weighted by Crippen LogP contribution is 2.18. The lowest BCUT2D eigenvalue weighted by molar-refractivity contribution is 0.0843. The van der Waals surface area contributed by atoms with Gasteiger partial charge >= 0.3 is 0 Å². The molecule has 2 rings (SSSR count). The Labute approximate surface area is 171 Å². The minimum Gasteiger partial charge on any atom is -0.494 e. The number of unbranched alkanes of at least 4 members (excludes halogenated alkanes) is 3. The summed E-state index contributed by atoms with van der Waals surface area (Å²) in [5, 5.41) is 0. The van der Waals surface area contributed by atoms with E-state index in [1.807, 2.05) is 0 Å². The number of carbonyl (C=O) groups is 3. The number of hydrazine groups is 1. The molecule has 2 aromatic rings. The fraction of sp³-hybridized carbons (Fsp3) is 0.409. The van der Waals surface area contributed by atoms with E-state index >= 15 is 0 Å². The number of ketones is 1. The predicted octanol–water partition coefficient (Wildman–Crippen LogP) is 3.87. The molecule has 0 radical (unpaired) electrons. The maximum atomic E-state index is 12.3. The van der Waals surface area contributed by atoms with Crippen LogP contribution in [0.15, 0.2) is 24.3 Å². The van der Waals surface area contributed by atoms with Crippen molar-refractivity contribution in [3.63, 3.8) is 0 Å². The second-order valence-electron chi connectivity index (χ2n) is 7.02. The number of nitrogens with one attached hydrogen (secondary N) is 3. The first-order chi connectivity index (χ1) is 13.8. The third-order valence-electron chi connectivity index (χ3n) is 4.69. The molecule has 29 heavy (non-hydrogen) atoms. The van der Waals surface area contributed by atoms with Gasteiger partial charge in [0.15, 0.2) is 5.78 Å². The SMILES string of the molecule is CCCCCCOc1ccc(C(=O)NNC(=O)c2[nH]c(C)c(C(C)=O)c2C)cc1. The zero-order valence-electron chi connectivity index (χ0n) is 17.5. The number of hydrogen-bond donors (Lipinski definition) is 3. The summed E-state index contributed by atoms with van der Waals surface area (Å²) in [4.78, 5) is 39.2. The van der Waals surface area contributed by atoms with Crippen LogP contribution in [0.5, 0.6) is 5.75 Å². The fourth-order valence-corrected chi connectivity index (χ4v) is 3.17. The molecule has 7 nitrogen and oxygen atoms in total. The van der Waals surface area contributed by atoms with Gasteiger partial charge in [-0.1, -0.05) is 26.2 Å². The van der Waals surface area contributed by atoms with Crippen LogP contribution in [-0.2, 0) is 0 Å². The second kappa shape index (κ2) is 10.5. The number of aromatic nitrogens is 1. The van der Waals surface area contributed by atoms with Gasteiger partial charge in [-0.2, -0.15) is 0 Å². The number of amides is 2. The highest BCUT2D eigenvalue weighted by molar-refractivity contribution is 6.03. The topological polar surface area (TPSA) is 100 Å².